The number of fused-ring (bicyclic) bond motifs is 1. The van der Waals surface area contributed by atoms with Gasteiger partial charge < -0.3 is 10.6 Å². The van der Waals surface area contributed by atoms with Crippen LogP contribution in [0.2, 0.25) is 0 Å². The molecule has 8 heteroatoms. The first-order valence-electron chi connectivity index (χ1n) is 10.8. The second kappa shape index (κ2) is 8.37. The van der Waals surface area contributed by atoms with Crippen LogP contribution in [0.3, 0.4) is 0 Å². The number of hydrogen-bond acceptors (Lipinski definition) is 6. The zero-order chi connectivity index (χ0) is 22.1. The number of aromatic nitrogens is 5. The maximum atomic E-state index is 12.6. The summed E-state index contributed by atoms with van der Waals surface area (Å²) in [4.78, 5) is 25.9. The van der Waals surface area contributed by atoms with Crippen LogP contribution in [-0.2, 0) is 6.54 Å². The predicted molar refractivity (Wildman–Crippen MR) is 123 cm³/mol. The van der Waals surface area contributed by atoms with Crippen LogP contribution in [0.5, 0.6) is 0 Å². The number of carbonyl (C=O) groups is 1. The summed E-state index contributed by atoms with van der Waals surface area (Å²) < 4.78 is 1.95. The fourth-order valence-corrected chi connectivity index (χ4v) is 3.67. The van der Waals surface area contributed by atoms with Crippen molar-refractivity contribution in [3.8, 4) is 0 Å². The van der Waals surface area contributed by atoms with Crippen LogP contribution in [0.4, 0.5) is 11.5 Å². The second-order valence-electron chi connectivity index (χ2n) is 8.43. The zero-order valence-electron chi connectivity index (χ0n) is 18.1. The van der Waals surface area contributed by atoms with Crippen molar-refractivity contribution in [1.82, 2.24) is 24.7 Å². The molecule has 4 aromatic rings. The van der Waals surface area contributed by atoms with Gasteiger partial charge in [-0.05, 0) is 61.9 Å². The SMILES string of the molecule is Cc1cncc(C(=O)Nc2cccc([C@H](C)Nc3cnc4cnn(CC5CC5)c4n3)c2)c1. The molecule has 0 spiro atoms. The summed E-state index contributed by atoms with van der Waals surface area (Å²) in [6.45, 7) is 4.87. The normalized spacial score (nSPS) is 14.3. The van der Waals surface area contributed by atoms with Gasteiger partial charge in [0.25, 0.3) is 5.91 Å². The molecule has 0 unspecified atom stereocenters. The van der Waals surface area contributed by atoms with E-state index in [4.69, 9.17) is 4.98 Å². The Morgan fingerprint density at radius 2 is 2.06 bits per heavy atom. The lowest BCUT2D eigenvalue weighted by Crippen LogP contribution is -2.13. The maximum absolute atomic E-state index is 12.6. The highest BCUT2D eigenvalue weighted by atomic mass is 16.1. The van der Waals surface area contributed by atoms with Crippen LogP contribution in [0.15, 0.2) is 55.1 Å². The van der Waals surface area contributed by atoms with Gasteiger partial charge in [0, 0.05) is 24.6 Å². The fraction of sp³-hybridized carbons (Fsp3) is 0.292. The number of carbonyl (C=O) groups excluding carboxylic acids is 1. The van der Waals surface area contributed by atoms with Gasteiger partial charge in [-0.2, -0.15) is 5.10 Å². The van der Waals surface area contributed by atoms with Gasteiger partial charge in [-0.1, -0.05) is 12.1 Å². The number of amides is 1. The van der Waals surface area contributed by atoms with E-state index in [9.17, 15) is 4.79 Å². The molecule has 3 aromatic heterocycles. The van der Waals surface area contributed by atoms with E-state index >= 15 is 0 Å². The number of benzene rings is 1. The number of nitrogens with zero attached hydrogens (tertiary/aromatic N) is 5. The van der Waals surface area contributed by atoms with Gasteiger partial charge >= 0.3 is 0 Å². The first kappa shape index (κ1) is 20.1. The third-order valence-corrected chi connectivity index (χ3v) is 5.62. The lowest BCUT2D eigenvalue weighted by Gasteiger charge is -2.16. The molecule has 1 atom stereocenters. The van der Waals surface area contributed by atoms with Gasteiger partial charge in [0.1, 0.15) is 11.3 Å². The second-order valence-corrected chi connectivity index (χ2v) is 8.43. The van der Waals surface area contributed by atoms with Crippen LogP contribution in [-0.4, -0.2) is 30.6 Å². The third kappa shape index (κ3) is 4.44. The van der Waals surface area contributed by atoms with E-state index in [1.807, 2.05) is 41.9 Å². The smallest absolute Gasteiger partial charge is 0.257 e. The van der Waals surface area contributed by atoms with Crippen molar-refractivity contribution in [2.75, 3.05) is 10.6 Å². The Morgan fingerprint density at radius 1 is 1.19 bits per heavy atom. The van der Waals surface area contributed by atoms with Crippen molar-refractivity contribution in [2.24, 2.45) is 5.92 Å². The minimum absolute atomic E-state index is 0.0287. The highest BCUT2D eigenvalue weighted by Crippen LogP contribution is 2.31. The Hall–Kier alpha value is -3.81. The van der Waals surface area contributed by atoms with Crippen molar-refractivity contribution in [3.05, 3.63) is 71.8 Å². The van der Waals surface area contributed by atoms with Crippen LogP contribution in [0, 0.1) is 12.8 Å². The third-order valence-electron chi connectivity index (χ3n) is 5.62. The van der Waals surface area contributed by atoms with E-state index in [2.05, 4.69) is 32.6 Å². The van der Waals surface area contributed by atoms with Gasteiger partial charge in [0.05, 0.1) is 24.0 Å². The molecule has 8 nitrogen and oxygen atoms in total. The summed E-state index contributed by atoms with van der Waals surface area (Å²) in [7, 11) is 0. The molecule has 5 rings (SSSR count). The minimum atomic E-state index is -0.181. The number of hydrogen-bond donors (Lipinski definition) is 2. The zero-order valence-corrected chi connectivity index (χ0v) is 18.1. The quantitative estimate of drug-likeness (QED) is 0.455. The first-order chi connectivity index (χ1) is 15.5. The van der Waals surface area contributed by atoms with Gasteiger partial charge in [-0.25, -0.2) is 14.6 Å². The van der Waals surface area contributed by atoms with E-state index in [1.165, 1.54) is 12.8 Å². The van der Waals surface area contributed by atoms with E-state index in [0.717, 1.165) is 34.5 Å². The molecule has 1 amide bonds. The summed E-state index contributed by atoms with van der Waals surface area (Å²) in [6.07, 6.45) is 9.32. The van der Waals surface area contributed by atoms with Crippen LogP contribution in [0.25, 0.3) is 11.2 Å². The number of rotatable bonds is 7. The van der Waals surface area contributed by atoms with Crippen LogP contribution >= 0.6 is 0 Å². The Kier molecular flexibility index (Phi) is 5.26. The van der Waals surface area contributed by atoms with Crippen molar-refractivity contribution >= 4 is 28.6 Å². The van der Waals surface area contributed by atoms with Crippen molar-refractivity contribution in [1.29, 1.82) is 0 Å². The van der Waals surface area contributed by atoms with Crippen molar-refractivity contribution in [2.45, 2.75) is 39.3 Å². The number of pyridine rings is 1. The Bertz CT molecular complexity index is 1280. The van der Waals surface area contributed by atoms with Crippen molar-refractivity contribution < 1.29 is 4.79 Å². The first-order valence-corrected chi connectivity index (χ1v) is 10.8. The lowest BCUT2D eigenvalue weighted by molar-refractivity contribution is 0.102. The average molecular weight is 428 g/mol. The lowest BCUT2D eigenvalue weighted by atomic mass is 10.1. The molecule has 1 aliphatic rings. The van der Waals surface area contributed by atoms with Gasteiger partial charge in [-0.3, -0.25) is 9.78 Å². The molecule has 0 saturated heterocycles. The molecular formula is C24H25N7O. The number of anilines is 2. The van der Waals surface area contributed by atoms with Gasteiger partial charge in [0.15, 0.2) is 5.65 Å². The Labute approximate surface area is 186 Å². The highest BCUT2D eigenvalue weighted by Gasteiger charge is 2.23. The Balaban J connectivity index is 1.30. The van der Waals surface area contributed by atoms with Gasteiger partial charge in [0.2, 0.25) is 0 Å². The fourth-order valence-electron chi connectivity index (χ4n) is 3.67. The molecule has 1 saturated carbocycles. The highest BCUT2D eigenvalue weighted by molar-refractivity contribution is 6.04. The summed E-state index contributed by atoms with van der Waals surface area (Å²) in [5, 5.41) is 10.8. The predicted octanol–water partition coefficient (Wildman–Crippen LogP) is 4.37. The largest absolute Gasteiger partial charge is 0.362 e. The van der Waals surface area contributed by atoms with E-state index in [1.54, 1.807) is 24.8 Å². The van der Waals surface area contributed by atoms with E-state index in [-0.39, 0.29) is 11.9 Å². The van der Waals surface area contributed by atoms with Crippen molar-refractivity contribution in [3.63, 3.8) is 0 Å². The molecule has 0 aliphatic heterocycles. The Morgan fingerprint density at radius 3 is 2.88 bits per heavy atom. The molecule has 0 bridgehead atoms. The van der Waals surface area contributed by atoms with Gasteiger partial charge in [-0.15, -0.1) is 0 Å². The maximum Gasteiger partial charge on any atom is 0.257 e. The molecule has 1 fully saturated rings. The van der Waals surface area contributed by atoms with E-state index in [0.29, 0.717) is 17.3 Å². The summed E-state index contributed by atoms with van der Waals surface area (Å²) >= 11 is 0. The number of nitrogens with one attached hydrogen (secondary N) is 2. The molecule has 0 radical (unpaired) electrons. The molecular weight excluding hydrogens is 402 g/mol. The molecule has 3 heterocycles. The summed E-state index contributed by atoms with van der Waals surface area (Å²) in [5.74, 6) is 1.23. The van der Waals surface area contributed by atoms with Crippen LogP contribution < -0.4 is 10.6 Å². The van der Waals surface area contributed by atoms with E-state index < -0.39 is 0 Å². The molecule has 1 aromatic carbocycles. The monoisotopic (exact) mass is 427 g/mol. The molecule has 2 N–H and O–H groups in total. The summed E-state index contributed by atoms with van der Waals surface area (Å²) in [6, 6.07) is 9.57. The minimum Gasteiger partial charge on any atom is -0.362 e. The topological polar surface area (TPSA) is 97.6 Å². The standard InChI is InChI=1S/C24H25N7O/c1-15-8-19(11-25-10-15)24(32)29-20-5-3-4-18(9-20)16(2)28-22-13-26-21-12-27-31(23(21)30-22)14-17-6-7-17/h3-5,8-13,16-17H,6-7,14H2,1-2H3,(H,28,30)(H,29,32)/t16-/m0/s1. The number of aryl methyl sites for hydroxylation is 1. The molecule has 1 aliphatic carbocycles. The molecule has 162 valence electrons. The average Bonchev–Trinajstić information content (AvgIpc) is 3.53. The summed E-state index contributed by atoms with van der Waals surface area (Å²) in [5.41, 5.74) is 4.85. The van der Waals surface area contributed by atoms with Crippen LogP contribution in [0.1, 0.15) is 47.3 Å². The molecule has 32 heavy (non-hydrogen) atoms.